The molecular weight excluding hydrogens is 304 g/mol. The molecule has 1 N–H and O–H groups in total. The zero-order valence-corrected chi connectivity index (χ0v) is 12.1. The topological polar surface area (TPSA) is 123 Å². The molecule has 9 heteroatoms. The zero-order valence-electron chi connectivity index (χ0n) is 12.1. The number of benzene rings is 1. The van der Waals surface area contributed by atoms with Gasteiger partial charge in [0.15, 0.2) is 0 Å². The van der Waals surface area contributed by atoms with E-state index in [0.29, 0.717) is 30.2 Å². The minimum atomic E-state index is -0.849. The number of hydrogen-bond acceptors (Lipinski definition) is 7. The first-order valence-corrected chi connectivity index (χ1v) is 7.09. The van der Waals surface area contributed by atoms with Gasteiger partial charge < -0.3 is 9.63 Å². The van der Waals surface area contributed by atoms with Gasteiger partial charge in [0.05, 0.1) is 11.5 Å². The number of rotatable bonds is 5. The van der Waals surface area contributed by atoms with Gasteiger partial charge in [-0.15, -0.1) is 0 Å². The van der Waals surface area contributed by atoms with E-state index in [1.54, 1.807) is 17.0 Å². The molecule has 0 spiro atoms. The lowest BCUT2D eigenvalue weighted by Gasteiger charge is -2.18. The minimum absolute atomic E-state index is 0.0150. The maximum Gasteiger partial charge on any atom is 0.320 e. The highest BCUT2D eigenvalue weighted by atomic mass is 16.6. The molecule has 0 aliphatic carbocycles. The van der Waals surface area contributed by atoms with Crippen molar-refractivity contribution < 1.29 is 19.3 Å². The van der Waals surface area contributed by atoms with Crippen molar-refractivity contribution in [2.75, 3.05) is 6.54 Å². The van der Waals surface area contributed by atoms with Gasteiger partial charge in [0.1, 0.15) is 6.04 Å². The van der Waals surface area contributed by atoms with Crippen molar-refractivity contribution in [3.05, 3.63) is 40.3 Å². The maximum absolute atomic E-state index is 11.2. The average Bonchev–Trinajstić information content (AvgIpc) is 3.17. The van der Waals surface area contributed by atoms with E-state index in [0.717, 1.165) is 6.42 Å². The number of nitrogens with zero attached hydrogens (tertiary/aromatic N) is 4. The molecule has 0 amide bonds. The number of nitro groups is 1. The normalized spacial score (nSPS) is 18.2. The number of aromatic nitrogens is 2. The summed E-state index contributed by atoms with van der Waals surface area (Å²) in [4.78, 5) is 27.3. The Morgan fingerprint density at radius 2 is 2.17 bits per heavy atom. The summed E-state index contributed by atoms with van der Waals surface area (Å²) in [5.41, 5.74) is 0.584. The Morgan fingerprint density at radius 1 is 1.43 bits per heavy atom. The fraction of sp³-hybridized carbons (Fsp3) is 0.357. The van der Waals surface area contributed by atoms with Crippen LogP contribution in [0.2, 0.25) is 0 Å². The molecule has 0 radical (unpaired) electrons. The highest BCUT2D eigenvalue weighted by molar-refractivity contribution is 5.73. The number of hydrogen-bond donors (Lipinski definition) is 1. The number of carboxylic acids is 1. The van der Waals surface area contributed by atoms with Gasteiger partial charge >= 0.3 is 5.97 Å². The fourth-order valence-corrected chi connectivity index (χ4v) is 2.64. The Balaban J connectivity index is 1.73. The van der Waals surface area contributed by atoms with Crippen LogP contribution >= 0.6 is 0 Å². The Labute approximate surface area is 130 Å². The lowest BCUT2D eigenvalue weighted by molar-refractivity contribution is -0.384. The molecule has 23 heavy (non-hydrogen) atoms. The third-order valence-corrected chi connectivity index (χ3v) is 3.79. The summed E-state index contributed by atoms with van der Waals surface area (Å²) in [5, 5.41) is 23.6. The monoisotopic (exact) mass is 318 g/mol. The first-order valence-electron chi connectivity index (χ1n) is 7.09. The standard InChI is InChI=1S/C14H14N4O5/c19-14(20)11-2-1-7-17(11)8-12-15-13(16-23-12)9-3-5-10(6-4-9)18(21)22/h3-6,11H,1-2,7-8H2,(H,19,20). The van der Waals surface area contributed by atoms with Crippen LogP contribution in [0.3, 0.4) is 0 Å². The van der Waals surface area contributed by atoms with E-state index in [1.165, 1.54) is 12.1 Å². The van der Waals surface area contributed by atoms with Crippen LogP contribution in [0, 0.1) is 10.1 Å². The first-order chi connectivity index (χ1) is 11.0. The summed E-state index contributed by atoms with van der Waals surface area (Å²) in [6.07, 6.45) is 1.43. The molecule has 1 aliphatic heterocycles. The van der Waals surface area contributed by atoms with Crippen molar-refractivity contribution in [2.45, 2.75) is 25.4 Å². The second kappa shape index (κ2) is 6.13. The summed E-state index contributed by atoms with van der Waals surface area (Å²) in [6, 6.07) is 5.30. The van der Waals surface area contributed by atoms with Crippen molar-refractivity contribution in [1.82, 2.24) is 15.0 Å². The van der Waals surface area contributed by atoms with Crippen LogP contribution in [0.15, 0.2) is 28.8 Å². The Hall–Kier alpha value is -2.81. The molecule has 2 heterocycles. The lowest BCUT2D eigenvalue weighted by Crippen LogP contribution is -2.35. The fourth-order valence-electron chi connectivity index (χ4n) is 2.64. The van der Waals surface area contributed by atoms with Crippen LogP contribution in [-0.2, 0) is 11.3 Å². The van der Waals surface area contributed by atoms with E-state index in [9.17, 15) is 14.9 Å². The number of carbonyl (C=O) groups is 1. The number of carboxylic acid groups (broad SMARTS) is 1. The summed E-state index contributed by atoms with van der Waals surface area (Å²) >= 11 is 0. The van der Waals surface area contributed by atoms with Gasteiger partial charge in [-0.25, -0.2) is 0 Å². The first kappa shape index (κ1) is 15.1. The third-order valence-electron chi connectivity index (χ3n) is 3.79. The molecule has 1 aromatic carbocycles. The van der Waals surface area contributed by atoms with Crippen LogP contribution in [0.5, 0.6) is 0 Å². The van der Waals surface area contributed by atoms with Gasteiger partial charge in [-0.2, -0.15) is 4.98 Å². The Morgan fingerprint density at radius 3 is 2.83 bits per heavy atom. The van der Waals surface area contributed by atoms with Gasteiger partial charge in [0, 0.05) is 17.7 Å². The van der Waals surface area contributed by atoms with Crippen molar-refractivity contribution in [2.24, 2.45) is 0 Å². The van der Waals surface area contributed by atoms with E-state index in [1.807, 2.05) is 0 Å². The molecule has 0 saturated carbocycles. The molecule has 0 bridgehead atoms. The molecule has 3 rings (SSSR count). The molecule has 2 aromatic rings. The van der Waals surface area contributed by atoms with E-state index in [-0.39, 0.29) is 12.2 Å². The molecule has 1 unspecified atom stereocenters. The summed E-state index contributed by atoms with van der Waals surface area (Å²) in [5.74, 6) is -0.204. The maximum atomic E-state index is 11.2. The second-order valence-corrected chi connectivity index (χ2v) is 5.28. The molecule has 120 valence electrons. The van der Waals surface area contributed by atoms with Crippen LogP contribution in [-0.4, -0.2) is 43.6 Å². The van der Waals surface area contributed by atoms with Crippen molar-refractivity contribution in [1.29, 1.82) is 0 Å². The summed E-state index contributed by atoms with van der Waals surface area (Å²) < 4.78 is 5.16. The van der Waals surface area contributed by atoms with Crippen molar-refractivity contribution in [3.8, 4) is 11.4 Å². The van der Waals surface area contributed by atoms with E-state index in [2.05, 4.69) is 10.1 Å². The van der Waals surface area contributed by atoms with Gasteiger partial charge in [-0.3, -0.25) is 19.8 Å². The predicted molar refractivity (Wildman–Crippen MR) is 77.5 cm³/mol. The highest BCUT2D eigenvalue weighted by Gasteiger charge is 2.31. The third kappa shape index (κ3) is 3.19. The number of nitro benzene ring substituents is 1. The molecule has 1 saturated heterocycles. The quantitative estimate of drug-likeness (QED) is 0.652. The number of likely N-dealkylation sites (tertiary alicyclic amines) is 1. The Bertz CT molecular complexity index is 727. The molecular formula is C14H14N4O5. The number of non-ortho nitro benzene ring substituents is 1. The highest BCUT2D eigenvalue weighted by Crippen LogP contribution is 2.22. The molecule has 9 nitrogen and oxygen atoms in total. The van der Waals surface area contributed by atoms with Gasteiger partial charge in [-0.1, -0.05) is 5.16 Å². The molecule has 1 aliphatic rings. The van der Waals surface area contributed by atoms with Crippen molar-refractivity contribution >= 4 is 11.7 Å². The SMILES string of the molecule is O=C(O)C1CCCN1Cc1nc(-c2ccc([N+](=O)[O-])cc2)no1. The van der Waals surface area contributed by atoms with E-state index < -0.39 is 16.9 Å². The zero-order chi connectivity index (χ0) is 16.4. The largest absolute Gasteiger partial charge is 0.480 e. The molecule has 1 fully saturated rings. The summed E-state index contributed by atoms with van der Waals surface area (Å²) in [6.45, 7) is 0.948. The van der Waals surface area contributed by atoms with Crippen LogP contribution < -0.4 is 0 Å². The Kier molecular flexibility index (Phi) is 4.02. The second-order valence-electron chi connectivity index (χ2n) is 5.28. The van der Waals surface area contributed by atoms with Crippen LogP contribution in [0.1, 0.15) is 18.7 Å². The number of aliphatic carboxylic acids is 1. The van der Waals surface area contributed by atoms with E-state index >= 15 is 0 Å². The van der Waals surface area contributed by atoms with Crippen LogP contribution in [0.4, 0.5) is 5.69 Å². The summed E-state index contributed by atoms with van der Waals surface area (Å²) in [7, 11) is 0. The van der Waals surface area contributed by atoms with Crippen molar-refractivity contribution in [3.63, 3.8) is 0 Å². The minimum Gasteiger partial charge on any atom is -0.480 e. The smallest absolute Gasteiger partial charge is 0.320 e. The molecule has 1 aromatic heterocycles. The van der Waals surface area contributed by atoms with Gasteiger partial charge in [-0.05, 0) is 31.5 Å². The average molecular weight is 318 g/mol. The van der Waals surface area contributed by atoms with Gasteiger partial charge in [0.25, 0.3) is 5.69 Å². The predicted octanol–water partition coefficient (Wildman–Crippen LogP) is 1.69. The lowest BCUT2D eigenvalue weighted by atomic mass is 10.2. The van der Waals surface area contributed by atoms with Crippen LogP contribution in [0.25, 0.3) is 11.4 Å². The van der Waals surface area contributed by atoms with Gasteiger partial charge in [0.2, 0.25) is 11.7 Å². The van der Waals surface area contributed by atoms with E-state index in [4.69, 9.17) is 9.63 Å². The molecule has 1 atom stereocenters.